The lowest BCUT2D eigenvalue weighted by atomic mass is 10.1. The number of aliphatic hydroxyl groups is 1. The van der Waals surface area contributed by atoms with Crippen LogP contribution in [0, 0.1) is 0 Å². The monoisotopic (exact) mass is 390 g/mol. The molecule has 0 saturated carbocycles. The fourth-order valence-electron chi connectivity index (χ4n) is 1.94. The zero-order chi connectivity index (χ0) is 16.9. The van der Waals surface area contributed by atoms with Gasteiger partial charge in [0.15, 0.2) is 9.84 Å². The van der Waals surface area contributed by atoms with Crippen molar-refractivity contribution in [3.05, 3.63) is 52.9 Å². The van der Waals surface area contributed by atoms with Crippen LogP contribution in [0.1, 0.15) is 15.9 Å². The minimum Gasteiger partial charge on any atom is -0.390 e. The molecule has 1 heterocycles. The fourth-order valence-corrected chi connectivity index (χ4v) is 4.42. The van der Waals surface area contributed by atoms with Gasteiger partial charge in [-0.25, -0.2) is 8.42 Å². The summed E-state index contributed by atoms with van der Waals surface area (Å²) in [5.41, 5.74) is 6.82. The third-order valence-corrected chi connectivity index (χ3v) is 6.45. The Balaban J connectivity index is 0.00000288. The second kappa shape index (κ2) is 9.14. The molecule has 0 bridgehead atoms. The second-order valence-electron chi connectivity index (χ2n) is 4.98. The summed E-state index contributed by atoms with van der Waals surface area (Å²) in [7, 11) is -3.53. The van der Waals surface area contributed by atoms with Crippen molar-refractivity contribution < 1.29 is 18.3 Å². The molecule has 1 atom stereocenters. The largest absolute Gasteiger partial charge is 0.390 e. The Hall–Kier alpha value is -1.45. The number of nitrogens with one attached hydrogen (secondary N) is 1. The van der Waals surface area contributed by atoms with Gasteiger partial charge in [0.05, 0.1) is 11.9 Å². The van der Waals surface area contributed by atoms with E-state index in [1.165, 1.54) is 6.07 Å². The van der Waals surface area contributed by atoms with Gasteiger partial charge in [-0.15, -0.1) is 23.7 Å². The highest BCUT2D eigenvalue weighted by Crippen LogP contribution is 2.18. The Kier molecular flexibility index (Phi) is 7.85. The molecule has 2 aromatic rings. The Morgan fingerprint density at radius 1 is 1.25 bits per heavy atom. The van der Waals surface area contributed by atoms with Gasteiger partial charge in [-0.05, 0) is 29.1 Å². The van der Waals surface area contributed by atoms with Gasteiger partial charge >= 0.3 is 0 Å². The maximum Gasteiger partial charge on any atom is 0.251 e. The third kappa shape index (κ3) is 5.57. The molecule has 1 unspecified atom stereocenters. The molecule has 0 saturated heterocycles. The van der Waals surface area contributed by atoms with Crippen LogP contribution in [-0.4, -0.2) is 37.8 Å². The number of hydrogen-bond donors (Lipinski definition) is 3. The number of carbonyl (C=O) groups is 1. The number of halogens is 1. The molecule has 6 nitrogen and oxygen atoms in total. The van der Waals surface area contributed by atoms with E-state index in [0.29, 0.717) is 12.1 Å². The lowest BCUT2D eigenvalue weighted by molar-refractivity contribution is 0.0925. The summed E-state index contributed by atoms with van der Waals surface area (Å²) in [5.74, 6) is -0.805. The van der Waals surface area contributed by atoms with E-state index in [1.54, 1.807) is 35.7 Å². The van der Waals surface area contributed by atoms with Gasteiger partial charge in [-0.1, -0.05) is 18.2 Å². The van der Waals surface area contributed by atoms with Crippen molar-refractivity contribution in [1.82, 2.24) is 5.32 Å². The van der Waals surface area contributed by atoms with Crippen molar-refractivity contribution in [2.24, 2.45) is 5.73 Å². The molecular weight excluding hydrogens is 372 g/mol. The Morgan fingerprint density at radius 2 is 1.92 bits per heavy atom. The zero-order valence-corrected chi connectivity index (χ0v) is 15.2. The van der Waals surface area contributed by atoms with Gasteiger partial charge in [0.1, 0.15) is 4.21 Å². The standard InChI is InChI=1S/C15H18N2O4S2.ClH/c16-8-11-3-5-12(6-4-11)15(19)17-9-13(18)10-23(20,21)14-2-1-7-22-14;/h1-7,13,18H,8-10,16H2,(H,17,19);1H. The highest BCUT2D eigenvalue weighted by molar-refractivity contribution is 7.93. The molecule has 9 heteroatoms. The van der Waals surface area contributed by atoms with Crippen LogP contribution < -0.4 is 11.1 Å². The Bertz CT molecular complexity index is 746. The van der Waals surface area contributed by atoms with Crippen LogP contribution in [0.2, 0.25) is 0 Å². The maximum absolute atomic E-state index is 12.0. The summed E-state index contributed by atoms with van der Waals surface area (Å²) in [4.78, 5) is 11.9. The van der Waals surface area contributed by atoms with Crippen molar-refractivity contribution in [2.75, 3.05) is 12.3 Å². The van der Waals surface area contributed by atoms with Gasteiger partial charge < -0.3 is 16.2 Å². The van der Waals surface area contributed by atoms with Crippen LogP contribution >= 0.6 is 23.7 Å². The minimum atomic E-state index is -3.53. The first-order chi connectivity index (χ1) is 10.9. The first kappa shape index (κ1) is 20.6. The number of carbonyl (C=O) groups excluding carboxylic acids is 1. The highest BCUT2D eigenvalue weighted by atomic mass is 35.5. The molecule has 0 radical (unpaired) electrons. The second-order valence-corrected chi connectivity index (χ2v) is 8.19. The Morgan fingerprint density at radius 3 is 2.46 bits per heavy atom. The van der Waals surface area contributed by atoms with Crippen molar-refractivity contribution in [1.29, 1.82) is 0 Å². The molecular formula is C15H19ClN2O4S2. The molecule has 1 amide bonds. The quantitative estimate of drug-likeness (QED) is 0.658. The smallest absolute Gasteiger partial charge is 0.251 e. The van der Waals surface area contributed by atoms with Crippen LogP contribution in [-0.2, 0) is 16.4 Å². The predicted molar refractivity (Wildman–Crippen MR) is 96.3 cm³/mol. The van der Waals surface area contributed by atoms with E-state index in [1.807, 2.05) is 0 Å². The molecule has 0 aliphatic heterocycles. The van der Waals surface area contributed by atoms with E-state index in [0.717, 1.165) is 16.9 Å². The topological polar surface area (TPSA) is 109 Å². The normalized spacial score (nSPS) is 12.2. The molecule has 2 rings (SSSR count). The molecule has 132 valence electrons. The van der Waals surface area contributed by atoms with Crippen molar-refractivity contribution in [3.8, 4) is 0 Å². The molecule has 24 heavy (non-hydrogen) atoms. The number of amides is 1. The zero-order valence-electron chi connectivity index (χ0n) is 12.7. The van der Waals surface area contributed by atoms with E-state index in [4.69, 9.17) is 5.73 Å². The molecule has 0 aliphatic rings. The van der Waals surface area contributed by atoms with Gasteiger partial charge in [0.2, 0.25) is 0 Å². The molecule has 4 N–H and O–H groups in total. The summed E-state index contributed by atoms with van der Waals surface area (Å²) in [6.07, 6.45) is -1.17. The summed E-state index contributed by atoms with van der Waals surface area (Å²) in [6.45, 7) is 0.253. The maximum atomic E-state index is 12.0. The van der Waals surface area contributed by atoms with Gasteiger partial charge in [0.25, 0.3) is 5.91 Å². The van der Waals surface area contributed by atoms with Crippen LogP contribution in [0.15, 0.2) is 46.0 Å². The summed E-state index contributed by atoms with van der Waals surface area (Å²) in [6, 6.07) is 9.87. The number of hydrogen-bond acceptors (Lipinski definition) is 6. The minimum absolute atomic E-state index is 0. The summed E-state index contributed by atoms with van der Waals surface area (Å²) in [5, 5.41) is 14.0. The number of thiophene rings is 1. The van der Waals surface area contributed by atoms with E-state index >= 15 is 0 Å². The van der Waals surface area contributed by atoms with Crippen LogP contribution in [0.3, 0.4) is 0 Å². The van der Waals surface area contributed by atoms with E-state index in [-0.39, 0.29) is 29.1 Å². The number of aliphatic hydroxyl groups excluding tert-OH is 1. The molecule has 0 aliphatic carbocycles. The number of nitrogens with two attached hydrogens (primary N) is 1. The van der Waals surface area contributed by atoms with Crippen LogP contribution in [0.5, 0.6) is 0 Å². The SMILES string of the molecule is Cl.NCc1ccc(C(=O)NCC(O)CS(=O)(=O)c2cccs2)cc1. The van der Waals surface area contributed by atoms with E-state index in [2.05, 4.69) is 5.32 Å². The van der Waals surface area contributed by atoms with E-state index < -0.39 is 21.7 Å². The average Bonchev–Trinajstić information content (AvgIpc) is 3.07. The number of benzene rings is 1. The summed E-state index contributed by atoms with van der Waals surface area (Å²) < 4.78 is 24.2. The fraction of sp³-hybridized carbons (Fsp3) is 0.267. The Labute approximate surface area is 151 Å². The summed E-state index contributed by atoms with van der Waals surface area (Å²) >= 11 is 1.10. The lowest BCUT2D eigenvalue weighted by Gasteiger charge is -2.12. The van der Waals surface area contributed by atoms with Crippen LogP contribution in [0.4, 0.5) is 0 Å². The van der Waals surface area contributed by atoms with Gasteiger partial charge in [0, 0.05) is 18.7 Å². The first-order valence-electron chi connectivity index (χ1n) is 6.94. The highest BCUT2D eigenvalue weighted by Gasteiger charge is 2.21. The van der Waals surface area contributed by atoms with Crippen molar-refractivity contribution in [2.45, 2.75) is 16.9 Å². The third-order valence-electron chi connectivity index (χ3n) is 3.16. The predicted octanol–water partition coefficient (Wildman–Crippen LogP) is 1.19. The number of sulfone groups is 1. The molecule has 1 aromatic carbocycles. The molecule has 1 aromatic heterocycles. The molecule has 0 fully saturated rings. The first-order valence-corrected chi connectivity index (χ1v) is 9.47. The lowest BCUT2D eigenvalue weighted by Crippen LogP contribution is -2.35. The molecule has 0 spiro atoms. The van der Waals surface area contributed by atoms with Crippen LogP contribution in [0.25, 0.3) is 0 Å². The van der Waals surface area contributed by atoms with Gasteiger partial charge in [-0.2, -0.15) is 0 Å². The number of rotatable bonds is 7. The van der Waals surface area contributed by atoms with Gasteiger partial charge in [-0.3, -0.25) is 4.79 Å². The van der Waals surface area contributed by atoms with Crippen molar-refractivity contribution in [3.63, 3.8) is 0 Å². The average molecular weight is 391 g/mol. The van der Waals surface area contributed by atoms with Crippen molar-refractivity contribution >= 4 is 39.5 Å². The van der Waals surface area contributed by atoms with E-state index in [9.17, 15) is 18.3 Å².